The number of carbonyl (C=O) groups excluding carboxylic acids is 1. The zero-order valence-corrected chi connectivity index (χ0v) is 46.4. The Morgan fingerprint density at radius 2 is 0.875 bits per heavy atom. The fourth-order valence-corrected chi connectivity index (χ4v) is 9.28. The molecular weight excluding hydrogens is 899 g/mol. The Balaban J connectivity index is 2.17. The second kappa shape index (κ2) is 52.1. The summed E-state index contributed by atoms with van der Waals surface area (Å²) in [7, 11) is 0. The number of unbranched alkanes of at least 4 members (excludes halogenated alkanes) is 31. The van der Waals surface area contributed by atoms with Crippen molar-refractivity contribution in [1.82, 2.24) is 5.32 Å². The molecule has 72 heavy (non-hydrogen) atoms. The maximum Gasteiger partial charge on any atom is 0.220 e. The SMILES string of the molecule is CC/C=C\C/C=C\C/C=C\C/C=C\CCCCCCCCCCCCCCCCCCCCC(=O)NC(COC1OC(CO)C(O)C(O)C1O)C(O)/C=C/CC/C=C/CCCCCCCCCCCCCC. The highest BCUT2D eigenvalue weighted by Gasteiger charge is 2.44. The van der Waals surface area contributed by atoms with Gasteiger partial charge < -0.3 is 40.3 Å². The van der Waals surface area contributed by atoms with Gasteiger partial charge in [-0.2, -0.15) is 0 Å². The van der Waals surface area contributed by atoms with E-state index in [0.29, 0.717) is 6.42 Å². The summed E-state index contributed by atoms with van der Waals surface area (Å²) < 4.78 is 11.3. The Bertz CT molecular complexity index is 1360. The maximum absolute atomic E-state index is 13.1. The van der Waals surface area contributed by atoms with E-state index < -0.39 is 49.5 Å². The molecule has 418 valence electrons. The first-order valence-electron chi connectivity index (χ1n) is 30.2. The monoisotopic (exact) mass is 1010 g/mol. The fraction of sp³-hybridized carbons (Fsp3) is 0.794. The van der Waals surface area contributed by atoms with E-state index in [2.05, 4.69) is 79.9 Å². The molecule has 9 nitrogen and oxygen atoms in total. The van der Waals surface area contributed by atoms with Gasteiger partial charge in [0.1, 0.15) is 24.4 Å². The molecule has 0 aliphatic carbocycles. The lowest BCUT2D eigenvalue weighted by Crippen LogP contribution is -2.60. The van der Waals surface area contributed by atoms with E-state index in [1.165, 1.54) is 180 Å². The molecule has 0 spiro atoms. The Hall–Kier alpha value is -2.37. The third-order valence-corrected chi connectivity index (χ3v) is 14.0. The topological polar surface area (TPSA) is 149 Å². The summed E-state index contributed by atoms with van der Waals surface area (Å²) in [6.45, 7) is 3.67. The molecule has 0 radical (unpaired) electrons. The highest BCUT2D eigenvalue weighted by atomic mass is 16.7. The van der Waals surface area contributed by atoms with E-state index in [-0.39, 0.29) is 12.5 Å². The van der Waals surface area contributed by atoms with Crippen LogP contribution in [0.1, 0.15) is 264 Å². The average molecular weight is 1010 g/mol. The predicted octanol–water partition coefficient (Wildman–Crippen LogP) is 15.2. The minimum Gasteiger partial charge on any atom is -0.394 e. The molecular formula is C63H113NO8. The Morgan fingerprint density at radius 3 is 1.33 bits per heavy atom. The maximum atomic E-state index is 13.1. The Morgan fingerprint density at radius 1 is 0.486 bits per heavy atom. The third kappa shape index (κ3) is 40.9. The number of hydrogen-bond acceptors (Lipinski definition) is 8. The van der Waals surface area contributed by atoms with Gasteiger partial charge >= 0.3 is 0 Å². The number of amides is 1. The van der Waals surface area contributed by atoms with Crippen molar-refractivity contribution in [3.05, 3.63) is 72.9 Å². The summed E-state index contributed by atoms with van der Waals surface area (Å²) in [5, 5.41) is 54.5. The average Bonchev–Trinajstić information content (AvgIpc) is 3.38. The summed E-state index contributed by atoms with van der Waals surface area (Å²) in [5.41, 5.74) is 0. The highest BCUT2D eigenvalue weighted by Crippen LogP contribution is 2.23. The van der Waals surface area contributed by atoms with E-state index in [0.717, 1.165) is 64.2 Å². The van der Waals surface area contributed by atoms with Crippen LogP contribution >= 0.6 is 0 Å². The first-order valence-corrected chi connectivity index (χ1v) is 30.2. The summed E-state index contributed by atoms with van der Waals surface area (Å²) in [6, 6.07) is -0.824. The summed E-state index contributed by atoms with van der Waals surface area (Å²) >= 11 is 0. The van der Waals surface area contributed by atoms with Crippen LogP contribution in [0, 0.1) is 0 Å². The molecule has 7 atom stereocenters. The zero-order chi connectivity index (χ0) is 52.2. The largest absolute Gasteiger partial charge is 0.394 e. The van der Waals surface area contributed by atoms with Crippen molar-refractivity contribution in [2.24, 2.45) is 0 Å². The summed E-state index contributed by atoms with van der Waals surface area (Å²) in [5.74, 6) is -0.185. The molecule has 0 bridgehead atoms. The van der Waals surface area contributed by atoms with E-state index >= 15 is 0 Å². The number of allylic oxidation sites excluding steroid dienone is 11. The summed E-state index contributed by atoms with van der Waals surface area (Å²) in [6.07, 6.45) is 65.5. The van der Waals surface area contributed by atoms with Crippen molar-refractivity contribution in [2.75, 3.05) is 13.2 Å². The van der Waals surface area contributed by atoms with Crippen molar-refractivity contribution in [2.45, 2.75) is 307 Å². The molecule has 1 rings (SSSR count). The van der Waals surface area contributed by atoms with Crippen LogP contribution in [0.5, 0.6) is 0 Å². The van der Waals surface area contributed by atoms with Gasteiger partial charge in [-0.25, -0.2) is 0 Å². The molecule has 6 N–H and O–H groups in total. The third-order valence-electron chi connectivity index (χ3n) is 14.0. The zero-order valence-electron chi connectivity index (χ0n) is 46.4. The second-order valence-electron chi connectivity index (χ2n) is 20.8. The number of carbonyl (C=O) groups is 1. The molecule has 0 aromatic heterocycles. The lowest BCUT2D eigenvalue weighted by molar-refractivity contribution is -0.302. The molecule has 9 heteroatoms. The smallest absolute Gasteiger partial charge is 0.220 e. The molecule has 1 aliphatic rings. The van der Waals surface area contributed by atoms with Crippen molar-refractivity contribution >= 4 is 5.91 Å². The van der Waals surface area contributed by atoms with Crippen LogP contribution in [-0.2, 0) is 14.3 Å². The van der Waals surface area contributed by atoms with Crippen molar-refractivity contribution in [3.8, 4) is 0 Å². The minimum absolute atomic E-state index is 0.185. The van der Waals surface area contributed by atoms with Gasteiger partial charge in [0.25, 0.3) is 0 Å². The lowest BCUT2D eigenvalue weighted by Gasteiger charge is -2.40. The summed E-state index contributed by atoms with van der Waals surface area (Å²) in [4.78, 5) is 13.1. The normalized spacial score (nSPS) is 19.7. The molecule has 7 unspecified atom stereocenters. The first-order chi connectivity index (χ1) is 35.3. The van der Waals surface area contributed by atoms with Gasteiger partial charge in [-0.15, -0.1) is 0 Å². The molecule has 0 aromatic rings. The van der Waals surface area contributed by atoms with Gasteiger partial charge in [-0.1, -0.05) is 260 Å². The molecule has 1 aliphatic heterocycles. The number of hydrogen-bond donors (Lipinski definition) is 6. The fourth-order valence-electron chi connectivity index (χ4n) is 9.28. The Kier molecular flexibility index (Phi) is 48.9. The molecule has 0 aromatic carbocycles. The van der Waals surface area contributed by atoms with Crippen molar-refractivity contribution < 1.29 is 39.8 Å². The number of nitrogens with one attached hydrogen (secondary N) is 1. The van der Waals surface area contributed by atoms with Crippen LogP contribution in [0.4, 0.5) is 0 Å². The molecule has 1 heterocycles. The van der Waals surface area contributed by atoms with E-state index in [9.17, 15) is 30.3 Å². The van der Waals surface area contributed by atoms with Crippen LogP contribution < -0.4 is 5.32 Å². The number of ether oxygens (including phenoxy) is 2. The molecule has 1 saturated heterocycles. The number of rotatable bonds is 51. The minimum atomic E-state index is -1.57. The van der Waals surface area contributed by atoms with E-state index in [4.69, 9.17) is 9.47 Å². The van der Waals surface area contributed by atoms with E-state index in [1.54, 1.807) is 6.08 Å². The second-order valence-corrected chi connectivity index (χ2v) is 20.8. The van der Waals surface area contributed by atoms with Gasteiger partial charge in [0.15, 0.2) is 6.29 Å². The van der Waals surface area contributed by atoms with Gasteiger partial charge in [-0.3, -0.25) is 4.79 Å². The Labute approximate surface area is 442 Å². The van der Waals surface area contributed by atoms with Gasteiger partial charge in [0, 0.05) is 6.42 Å². The molecule has 1 fully saturated rings. The van der Waals surface area contributed by atoms with Crippen molar-refractivity contribution in [3.63, 3.8) is 0 Å². The van der Waals surface area contributed by atoms with Gasteiger partial charge in [0.05, 0.1) is 25.4 Å². The first kappa shape index (κ1) is 67.6. The van der Waals surface area contributed by atoms with Crippen LogP contribution in [0.3, 0.4) is 0 Å². The standard InChI is InChI=1S/C63H113NO8/c1-3-5-7-9-11-13-15-17-19-21-23-24-25-26-27-28-29-30-31-32-33-34-35-37-39-41-43-45-47-49-51-53-59(67)64-56(55-71-63-62(70)61(69)60(68)58(54-65)72-63)57(66)52-50-48-46-44-42-40-38-36-22-20-18-16-14-12-10-8-6-4-2/h5,7,11,13,17,19,23-24,42,44,50,52,56-58,60-63,65-66,68-70H,3-4,6,8-10,12,14-16,18,20-22,25-41,43,45-49,51,53-55H2,1-2H3,(H,64,67)/b7-5-,13-11-,19-17-,24-23-,44-42+,52-50+. The quantitative estimate of drug-likeness (QED) is 0.0261. The van der Waals surface area contributed by atoms with E-state index in [1.807, 2.05) is 6.08 Å². The predicted molar refractivity (Wildman–Crippen MR) is 304 cm³/mol. The molecule has 1 amide bonds. The van der Waals surface area contributed by atoms with Crippen LogP contribution in [0.15, 0.2) is 72.9 Å². The number of aliphatic hydroxyl groups excluding tert-OH is 5. The molecule has 0 saturated carbocycles. The van der Waals surface area contributed by atoms with Crippen LogP contribution in [0.2, 0.25) is 0 Å². The number of aliphatic hydroxyl groups is 5. The highest BCUT2D eigenvalue weighted by molar-refractivity contribution is 5.76. The lowest BCUT2D eigenvalue weighted by atomic mass is 9.99. The van der Waals surface area contributed by atoms with Crippen LogP contribution in [-0.4, -0.2) is 87.5 Å². The van der Waals surface area contributed by atoms with Gasteiger partial charge in [0.2, 0.25) is 5.91 Å². The van der Waals surface area contributed by atoms with Crippen molar-refractivity contribution in [1.29, 1.82) is 0 Å². The van der Waals surface area contributed by atoms with Crippen LogP contribution in [0.25, 0.3) is 0 Å². The van der Waals surface area contributed by atoms with Gasteiger partial charge in [-0.05, 0) is 70.6 Å².